The Morgan fingerprint density at radius 1 is 1.40 bits per heavy atom. The normalized spacial score (nSPS) is 19.6. The fourth-order valence-corrected chi connectivity index (χ4v) is 3.55. The van der Waals surface area contributed by atoms with Gasteiger partial charge in [0, 0.05) is 38.9 Å². The summed E-state index contributed by atoms with van der Waals surface area (Å²) in [5.41, 5.74) is 0. The highest BCUT2D eigenvalue weighted by atomic mass is 32.2. The van der Waals surface area contributed by atoms with Gasteiger partial charge in [0.2, 0.25) is 0 Å². The molecule has 2 rings (SSSR count). The first kappa shape index (κ1) is 15.0. The lowest BCUT2D eigenvalue weighted by molar-refractivity contribution is 0.169. The zero-order chi connectivity index (χ0) is 14.8. The molecule has 1 aromatic rings. The van der Waals surface area contributed by atoms with Crippen molar-refractivity contribution in [2.24, 2.45) is 0 Å². The van der Waals surface area contributed by atoms with Gasteiger partial charge in [-0.2, -0.15) is 9.57 Å². The van der Waals surface area contributed by atoms with Crippen LogP contribution in [-0.2, 0) is 16.6 Å². The van der Waals surface area contributed by atoms with E-state index >= 15 is 0 Å². The lowest BCUT2D eigenvalue weighted by Crippen LogP contribution is -2.51. The molecule has 0 aromatic carbocycles. The van der Waals surface area contributed by atoms with Gasteiger partial charge in [-0.15, -0.1) is 0 Å². The first-order valence-corrected chi connectivity index (χ1v) is 8.08. The average Bonchev–Trinajstić information content (AvgIpc) is 2.96. The van der Waals surface area contributed by atoms with E-state index in [1.807, 2.05) is 18.7 Å². The smallest absolute Gasteiger partial charge is 0.262 e. The molecule has 0 N–H and O–H groups in total. The van der Waals surface area contributed by atoms with E-state index in [4.69, 9.17) is 5.26 Å². The second kappa shape index (κ2) is 5.91. The number of nitrogens with zero attached hydrogens (tertiary/aromatic N) is 5. The minimum absolute atomic E-state index is 0.0983. The van der Waals surface area contributed by atoms with Crippen LogP contribution in [0.2, 0.25) is 0 Å². The zero-order valence-corrected chi connectivity index (χ0v) is 12.5. The maximum atomic E-state index is 12.4. The fraction of sp³-hybridized carbons (Fsp3) is 0.667. The van der Waals surface area contributed by atoms with Gasteiger partial charge < -0.3 is 4.57 Å². The van der Waals surface area contributed by atoms with Crippen LogP contribution < -0.4 is 0 Å². The van der Waals surface area contributed by atoms with Crippen molar-refractivity contribution in [3.05, 3.63) is 12.5 Å². The molecule has 110 valence electrons. The molecule has 0 saturated carbocycles. The van der Waals surface area contributed by atoms with Crippen molar-refractivity contribution < 1.29 is 8.42 Å². The van der Waals surface area contributed by atoms with Gasteiger partial charge in [-0.25, -0.2) is 13.4 Å². The zero-order valence-electron chi connectivity index (χ0n) is 11.7. The first-order valence-electron chi connectivity index (χ1n) is 6.64. The van der Waals surface area contributed by atoms with Gasteiger partial charge in [0.15, 0.2) is 5.03 Å². The van der Waals surface area contributed by atoms with Crippen LogP contribution in [0.15, 0.2) is 17.6 Å². The largest absolute Gasteiger partial charge is 0.336 e. The quantitative estimate of drug-likeness (QED) is 0.788. The first-order chi connectivity index (χ1) is 9.48. The maximum Gasteiger partial charge on any atom is 0.262 e. The van der Waals surface area contributed by atoms with Crippen LogP contribution in [-0.4, -0.2) is 59.4 Å². The Balaban J connectivity index is 2.08. The van der Waals surface area contributed by atoms with E-state index in [-0.39, 0.29) is 11.1 Å². The molecule has 20 heavy (non-hydrogen) atoms. The highest BCUT2D eigenvalue weighted by molar-refractivity contribution is 7.89. The molecule has 7 nitrogen and oxygen atoms in total. The molecule has 2 heterocycles. The monoisotopic (exact) mass is 297 g/mol. The fourth-order valence-electron chi connectivity index (χ4n) is 2.19. The average molecular weight is 297 g/mol. The van der Waals surface area contributed by atoms with Crippen molar-refractivity contribution in [3.8, 4) is 6.07 Å². The summed E-state index contributed by atoms with van der Waals surface area (Å²) in [4.78, 5) is 5.95. The second-order valence-electron chi connectivity index (χ2n) is 4.79. The van der Waals surface area contributed by atoms with Crippen LogP contribution in [0.3, 0.4) is 0 Å². The van der Waals surface area contributed by atoms with E-state index in [0.29, 0.717) is 32.7 Å². The third kappa shape index (κ3) is 2.85. The number of nitriles is 1. The van der Waals surface area contributed by atoms with Gasteiger partial charge in [0.25, 0.3) is 10.0 Å². The van der Waals surface area contributed by atoms with Crippen molar-refractivity contribution in [2.45, 2.75) is 31.5 Å². The molecule has 1 aliphatic heterocycles. The Morgan fingerprint density at radius 2 is 2.05 bits per heavy atom. The SMILES string of the molecule is CCn1cnc(S(=O)(=O)N2CCN(C(C)C#N)CC2)c1. The number of aryl methyl sites for hydroxylation is 1. The highest BCUT2D eigenvalue weighted by Gasteiger charge is 2.31. The number of hydrogen-bond donors (Lipinski definition) is 0. The summed E-state index contributed by atoms with van der Waals surface area (Å²) in [5.74, 6) is 0. The number of aromatic nitrogens is 2. The van der Waals surface area contributed by atoms with E-state index in [1.165, 1.54) is 10.6 Å². The van der Waals surface area contributed by atoms with Gasteiger partial charge in [-0.05, 0) is 13.8 Å². The Labute approximate surface area is 119 Å². The number of imidazole rings is 1. The standard InChI is InChI=1S/C12H19N5O2S/c1-3-15-9-12(14-10-15)20(18,19)17-6-4-16(5-7-17)11(2)8-13/h9-11H,3-7H2,1-2H3. The number of sulfonamides is 1. The summed E-state index contributed by atoms with van der Waals surface area (Å²) in [5, 5.41) is 8.98. The molecule has 1 aromatic heterocycles. The highest BCUT2D eigenvalue weighted by Crippen LogP contribution is 2.16. The Kier molecular flexibility index (Phi) is 4.42. The van der Waals surface area contributed by atoms with Crippen molar-refractivity contribution in [2.75, 3.05) is 26.2 Å². The topological polar surface area (TPSA) is 82.2 Å². The molecule has 1 fully saturated rings. The second-order valence-corrected chi connectivity index (χ2v) is 6.67. The molecule has 1 aliphatic rings. The minimum atomic E-state index is -3.52. The van der Waals surface area contributed by atoms with E-state index in [9.17, 15) is 8.42 Å². The van der Waals surface area contributed by atoms with Crippen molar-refractivity contribution in [1.29, 1.82) is 5.26 Å². The Morgan fingerprint density at radius 3 is 2.55 bits per heavy atom. The summed E-state index contributed by atoms with van der Waals surface area (Å²) in [6, 6.07) is 1.99. The molecule has 0 aliphatic carbocycles. The van der Waals surface area contributed by atoms with Crippen molar-refractivity contribution in [1.82, 2.24) is 18.8 Å². The van der Waals surface area contributed by atoms with Gasteiger partial charge in [-0.1, -0.05) is 0 Å². The minimum Gasteiger partial charge on any atom is -0.336 e. The summed E-state index contributed by atoms with van der Waals surface area (Å²) in [6.07, 6.45) is 3.08. The lowest BCUT2D eigenvalue weighted by Gasteiger charge is -2.34. The molecule has 1 unspecified atom stereocenters. The van der Waals surface area contributed by atoms with E-state index < -0.39 is 10.0 Å². The molecular weight excluding hydrogens is 278 g/mol. The summed E-state index contributed by atoms with van der Waals surface area (Å²) in [7, 11) is -3.52. The molecule has 0 bridgehead atoms. The van der Waals surface area contributed by atoms with Gasteiger partial charge in [0.05, 0.1) is 18.4 Å². The van der Waals surface area contributed by atoms with Gasteiger partial charge >= 0.3 is 0 Å². The molecule has 1 atom stereocenters. The number of piperazine rings is 1. The molecular formula is C12H19N5O2S. The molecule has 0 radical (unpaired) electrons. The third-order valence-electron chi connectivity index (χ3n) is 3.59. The van der Waals surface area contributed by atoms with E-state index in [1.54, 1.807) is 10.8 Å². The predicted molar refractivity (Wildman–Crippen MR) is 73.3 cm³/mol. The lowest BCUT2D eigenvalue weighted by atomic mass is 10.2. The summed E-state index contributed by atoms with van der Waals surface area (Å²) in [6.45, 7) is 6.38. The van der Waals surface area contributed by atoms with Crippen LogP contribution in [0.4, 0.5) is 0 Å². The van der Waals surface area contributed by atoms with E-state index in [0.717, 1.165) is 0 Å². The van der Waals surface area contributed by atoms with Crippen LogP contribution in [0.5, 0.6) is 0 Å². The van der Waals surface area contributed by atoms with Crippen LogP contribution in [0.1, 0.15) is 13.8 Å². The van der Waals surface area contributed by atoms with Gasteiger partial charge in [0.1, 0.15) is 0 Å². The van der Waals surface area contributed by atoms with Crippen LogP contribution in [0, 0.1) is 11.3 Å². The van der Waals surface area contributed by atoms with Crippen molar-refractivity contribution in [3.63, 3.8) is 0 Å². The predicted octanol–water partition coefficient (Wildman–Crippen LogP) is 0.121. The van der Waals surface area contributed by atoms with Crippen molar-refractivity contribution >= 4 is 10.0 Å². The Hall–Kier alpha value is -1.43. The summed E-state index contributed by atoms with van der Waals surface area (Å²) < 4.78 is 28.0. The Bertz CT molecular complexity index is 596. The molecule has 0 amide bonds. The third-order valence-corrected chi connectivity index (χ3v) is 5.37. The molecule has 0 spiro atoms. The maximum absolute atomic E-state index is 12.4. The number of rotatable bonds is 4. The summed E-state index contributed by atoms with van der Waals surface area (Å²) >= 11 is 0. The number of hydrogen-bond acceptors (Lipinski definition) is 5. The van der Waals surface area contributed by atoms with E-state index in [2.05, 4.69) is 11.1 Å². The van der Waals surface area contributed by atoms with Crippen LogP contribution in [0.25, 0.3) is 0 Å². The molecule has 8 heteroatoms. The van der Waals surface area contributed by atoms with Gasteiger partial charge in [-0.3, -0.25) is 4.90 Å². The van der Waals surface area contributed by atoms with Crippen LogP contribution >= 0.6 is 0 Å². The molecule has 1 saturated heterocycles.